The van der Waals surface area contributed by atoms with Gasteiger partial charge >= 0.3 is 71.6 Å². The van der Waals surface area contributed by atoms with Gasteiger partial charge in [0.25, 0.3) is 0 Å². The molecule has 0 radical (unpaired) electrons. The molecule has 0 aromatic rings. The quantitative estimate of drug-likeness (QED) is 0.0136. The van der Waals surface area contributed by atoms with Crippen molar-refractivity contribution in [1.82, 2.24) is 0 Å². The van der Waals surface area contributed by atoms with E-state index in [0.29, 0.717) is 154 Å². The second kappa shape index (κ2) is 57.2. The third-order valence-corrected chi connectivity index (χ3v) is 15.5. The molecule has 0 amide bonds. The molecule has 0 saturated heterocycles. The summed E-state index contributed by atoms with van der Waals surface area (Å²) in [7, 11) is 0. The third kappa shape index (κ3) is 50.8. The molecule has 0 saturated carbocycles. The van der Waals surface area contributed by atoms with Gasteiger partial charge in [0.05, 0.1) is 52.9 Å². The van der Waals surface area contributed by atoms with E-state index in [0.717, 1.165) is 0 Å². The summed E-state index contributed by atoms with van der Waals surface area (Å²) < 4.78 is 64.9. The molecule has 0 N–H and O–H groups in total. The minimum Gasteiger partial charge on any atom is -0.466 e. The minimum atomic E-state index is -1.62. The monoisotopic (exact) mass is 1490 g/mol. The lowest BCUT2D eigenvalue weighted by Gasteiger charge is -2.31. The number of azide groups is 4. The number of rotatable bonds is 64. The van der Waals surface area contributed by atoms with Gasteiger partial charge in [-0.05, 0) is 232 Å². The highest BCUT2D eigenvalue weighted by Gasteiger charge is 2.38. The molecule has 0 rings (SSSR count). The molecule has 105 heavy (non-hydrogen) atoms. The van der Waals surface area contributed by atoms with Crippen LogP contribution in [0.3, 0.4) is 0 Å². The van der Waals surface area contributed by atoms with E-state index in [2.05, 4.69) is 40.1 Å². The predicted molar refractivity (Wildman–Crippen MR) is 375 cm³/mol. The molecule has 0 bridgehead atoms. The summed E-state index contributed by atoms with van der Waals surface area (Å²) in [5.41, 5.74) is 27.6. The van der Waals surface area contributed by atoms with E-state index in [1.807, 2.05) is 0 Å². The van der Waals surface area contributed by atoms with Crippen molar-refractivity contribution < 1.29 is 114 Å². The van der Waals surface area contributed by atoms with Gasteiger partial charge in [-0.25, -0.2) is 0 Å². The Bertz CT molecular complexity index is 2520. The topological polar surface area (TPSA) is 511 Å². The fourth-order valence-corrected chi connectivity index (χ4v) is 8.87. The van der Waals surface area contributed by atoms with E-state index in [9.17, 15) is 57.5 Å². The van der Waals surface area contributed by atoms with Gasteiger partial charge in [0, 0.05) is 71.0 Å². The van der Waals surface area contributed by atoms with E-state index in [1.165, 1.54) is 55.4 Å². The zero-order valence-corrected chi connectivity index (χ0v) is 62.8. The summed E-state index contributed by atoms with van der Waals surface area (Å²) in [5.74, 6) is -7.07. The van der Waals surface area contributed by atoms with Crippen LogP contribution >= 0.6 is 0 Å². The van der Waals surface area contributed by atoms with Crippen LogP contribution in [0.2, 0.25) is 0 Å². The van der Waals surface area contributed by atoms with Crippen molar-refractivity contribution in [2.45, 2.75) is 283 Å². The Balaban J connectivity index is 5.88. The lowest BCUT2D eigenvalue weighted by molar-refractivity contribution is -0.171. The van der Waals surface area contributed by atoms with E-state index in [-0.39, 0.29) is 104 Å². The van der Waals surface area contributed by atoms with Gasteiger partial charge in [-0.3, -0.25) is 57.5 Å². The molecule has 0 aromatic heterocycles. The number of carbonyl (C=O) groups is 12. The van der Waals surface area contributed by atoms with Crippen molar-refractivity contribution in [2.24, 2.45) is 25.9 Å². The van der Waals surface area contributed by atoms with Crippen molar-refractivity contribution in [2.75, 3.05) is 79.3 Å². The second-order valence-electron chi connectivity index (χ2n) is 27.0. The maximum atomic E-state index is 13.4. The first-order valence-corrected chi connectivity index (χ1v) is 36.1. The molecular formula is C69H112N12O24. The highest BCUT2D eigenvalue weighted by Crippen LogP contribution is 2.25. The van der Waals surface area contributed by atoms with Crippen molar-refractivity contribution in [1.29, 1.82) is 0 Å². The Labute approximate surface area is 613 Å². The molecule has 0 fully saturated rings. The zero-order chi connectivity index (χ0) is 78.7. The van der Waals surface area contributed by atoms with Gasteiger partial charge < -0.3 is 56.8 Å². The fourth-order valence-electron chi connectivity index (χ4n) is 8.87. The Hall–Kier alpha value is -9.12. The minimum absolute atomic E-state index is 0.0904. The van der Waals surface area contributed by atoms with Crippen LogP contribution in [0.1, 0.15) is 261 Å². The first-order valence-electron chi connectivity index (χ1n) is 36.1. The van der Waals surface area contributed by atoms with Gasteiger partial charge in [-0.2, -0.15) is 0 Å². The summed E-state index contributed by atoms with van der Waals surface area (Å²) in [6.07, 6.45) is 11.1. The zero-order valence-electron chi connectivity index (χ0n) is 62.8. The van der Waals surface area contributed by atoms with Crippen molar-refractivity contribution in [3.8, 4) is 0 Å². The van der Waals surface area contributed by atoms with Crippen LogP contribution in [0.25, 0.3) is 41.8 Å². The lowest BCUT2D eigenvalue weighted by Crippen LogP contribution is -2.44. The Morgan fingerprint density at radius 3 is 0.514 bits per heavy atom. The molecular weight excluding hydrogens is 1380 g/mol. The molecule has 592 valence electrons. The Morgan fingerprint density at radius 2 is 0.362 bits per heavy atom. The molecule has 0 spiro atoms. The van der Waals surface area contributed by atoms with E-state index in [4.69, 9.17) is 79.0 Å². The van der Waals surface area contributed by atoms with Crippen molar-refractivity contribution >= 4 is 71.6 Å². The second-order valence-corrected chi connectivity index (χ2v) is 27.0. The number of ether oxygens (including phenoxy) is 12. The number of unbranched alkanes of at least 4 members (excludes halogenated alkanes) is 16. The molecule has 36 nitrogen and oxygen atoms in total. The number of nitrogens with zero attached hydrogens (tertiary/aromatic N) is 12. The van der Waals surface area contributed by atoms with Gasteiger partial charge in [-0.15, -0.1) is 0 Å². The summed E-state index contributed by atoms with van der Waals surface area (Å²) in [6, 6.07) is 0. The first-order chi connectivity index (χ1) is 49.9. The summed E-state index contributed by atoms with van der Waals surface area (Å²) in [5, 5.41) is 13.7. The van der Waals surface area contributed by atoms with Crippen LogP contribution in [0.4, 0.5) is 0 Å². The van der Waals surface area contributed by atoms with Crippen LogP contribution in [0.5, 0.6) is 0 Å². The number of hydrogen-bond acceptors (Lipinski definition) is 28. The van der Waals surface area contributed by atoms with Crippen LogP contribution in [0, 0.1) is 5.41 Å². The van der Waals surface area contributed by atoms with Crippen molar-refractivity contribution in [3.63, 3.8) is 0 Å². The highest BCUT2D eigenvalue weighted by atomic mass is 16.6. The van der Waals surface area contributed by atoms with Gasteiger partial charge in [0.15, 0.2) is 0 Å². The lowest BCUT2D eigenvalue weighted by atomic mass is 9.92. The van der Waals surface area contributed by atoms with E-state index in [1.54, 1.807) is 0 Å². The number of esters is 12. The average Bonchev–Trinajstić information content (AvgIpc) is 0.850. The molecule has 0 aliphatic carbocycles. The average molecular weight is 1490 g/mol. The van der Waals surface area contributed by atoms with Crippen LogP contribution in [0.15, 0.2) is 20.5 Å². The molecule has 0 aromatic carbocycles. The number of carbonyl (C=O) groups excluding carboxylic acids is 12. The third-order valence-electron chi connectivity index (χ3n) is 15.5. The van der Waals surface area contributed by atoms with Crippen LogP contribution in [-0.4, -0.2) is 173 Å². The van der Waals surface area contributed by atoms with Crippen LogP contribution < -0.4 is 0 Å². The SMILES string of the molecule is CC(C)(N=[N+]=[N-])C(=O)OCCCCCC(=O)OCCCCCC(=O)OCC(COC(=O)CCCCCOC(=O)CCCCCOC(=O)C(C)(C)N=[N+]=[N-])(COC(=O)CCCCCOC(=O)CCCCCOC(=O)C(C)(C)N=[N+]=[N-])COC(=O)CCCCCOC(=O)CCCCCOC(=O)C(C)(C)N=[N+]=[N-]. The molecule has 0 unspecified atom stereocenters. The largest absolute Gasteiger partial charge is 0.466 e. The van der Waals surface area contributed by atoms with Gasteiger partial charge in [0.1, 0.15) is 54.0 Å². The molecule has 0 heterocycles. The summed E-state index contributed by atoms with van der Waals surface area (Å²) in [4.78, 5) is 162. The molecule has 36 heteroatoms. The summed E-state index contributed by atoms with van der Waals surface area (Å²) >= 11 is 0. The summed E-state index contributed by atoms with van der Waals surface area (Å²) in [6.45, 7) is 10.1. The maximum absolute atomic E-state index is 13.4. The Morgan fingerprint density at radius 1 is 0.219 bits per heavy atom. The van der Waals surface area contributed by atoms with Gasteiger partial charge in [0.2, 0.25) is 0 Å². The van der Waals surface area contributed by atoms with Crippen LogP contribution in [-0.2, 0) is 114 Å². The van der Waals surface area contributed by atoms with Gasteiger partial charge in [-0.1, -0.05) is 20.5 Å². The highest BCUT2D eigenvalue weighted by molar-refractivity contribution is 5.81. The Kier molecular flexibility index (Phi) is 52.3. The molecule has 0 aliphatic rings. The van der Waals surface area contributed by atoms with Crippen molar-refractivity contribution in [3.05, 3.63) is 41.8 Å². The van der Waals surface area contributed by atoms with E-state index >= 15 is 0 Å². The predicted octanol–water partition coefficient (Wildman–Crippen LogP) is 13.3. The standard InChI is InChI=1S/C69H112N12O24/c1-65(2,74-78-70)61(90)98-45-29-13-17-33-53(82)94-41-25-9-21-37-57(86)102-49-69(50-103-58(87)38-22-10-26-42-95-54(83)34-18-14-30-46-99-62(91)66(3,4)75-79-71,51-104-59(88)39-23-11-27-43-96-55(84)35-19-15-31-47-100-63(92)67(5,6)76-80-72)52-105-60(89)40-24-12-28-44-97-56(85)36-20-16-32-48-101-64(93)68(7,8)77-81-73/h9-52H2,1-8H3. The fraction of sp³-hybridized carbons (Fsp3) is 0.826. The normalized spacial score (nSPS) is 11.7. The maximum Gasteiger partial charge on any atom is 0.317 e. The number of hydrogen-bond donors (Lipinski definition) is 0. The van der Waals surface area contributed by atoms with E-state index < -0.39 is 126 Å². The first kappa shape index (κ1) is 95.9. The smallest absolute Gasteiger partial charge is 0.317 e. The molecule has 0 aliphatic heterocycles. The molecule has 0 atom stereocenters.